The van der Waals surface area contributed by atoms with Crippen molar-refractivity contribution in [3.63, 3.8) is 0 Å². The third-order valence-electron chi connectivity index (χ3n) is 2.85. The predicted molar refractivity (Wildman–Crippen MR) is 46.4 cm³/mol. The minimum Gasteiger partial charge on any atom is -0.126 e. The monoisotopic (exact) mass is 158 g/mol. The predicted octanol–water partition coefficient (Wildman–Crippen LogP) is 3.22. The van der Waals surface area contributed by atoms with Crippen LogP contribution in [0.25, 0.3) is 0 Å². The lowest BCUT2D eigenvalue weighted by Crippen LogP contribution is -2.38. The molecule has 58 valence electrons. The molecule has 1 unspecified atom stereocenters. The fourth-order valence-corrected chi connectivity index (χ4v) is 2.15. The first-order valence-corrected chi connectivity index (χ1v) is 4.38. The van der Waals surface area contributed by atoms with E-state index in [9.17, 15) is 0 Å². The Morgan fingerprint density at radius 2 is 2.30 bits per heavy atom. The molecule has 0 radical (unpaired) electrons. The van der Waals surface area contributed by atoms with Crippen molar-refractivity contribution in [2.24, 2.45) is 11.3 Å². The Morgan fingerprint density at radius 3 is 2.60 bits per heavy atom. The Kier molecular flexibility index (Phi) is 2.10. The molecule has 0 N–H and O–H groups in total. The first-order valence-electron chi connectivity index (χ1n) is 3.84. The summed E-state index contributed by atoms with van der Waals surface area (Å²) in [5.41, 5.74) is 1.95. The molecule has 1 rings (SSSR count). The maximum Gasteiger partial charge on any atom is 0.0263 e. The molecule has 0 nitrogen and oxygen atoms in total. The van der Waals surface area contributed by atoms with Gasteiger partial charge in [0.1, 0.15) is 0 Å². The van der Waals surface area contributed by atoms with Gasteiger partial charge in [0.05, 0.1) is 0 Å². The minimum absolute atomic E-state index is 0.385. The Labute approximate surface area is 68.3 Å². The highest BCUT2D eigenvalue weighted by Crippen LogP contribution is 2.50. The van der Waals surface area contributed by atoms with Gasteiger partial charge in [-0.2, -0.15) is 0 Å². The summed E-state index contributed by atoms with van der Waals surface area (Å²) in [4.78, 5) is 0. The molecule has 0 aromatic carbocycles. The Morgan fingerprint density at radius 1 is 1.70 bits per heavy atom. The number of allylic oxidation sites excluding steroid dienone is 2. The van der Waals surface area contributed by atoms with Gasteiger partial charge in [0.15, 0.2) is 0 Å². The summed E-state index contributed by atoms with van der Waals surface area (Å²) in [6.07, 6.45) is 3.44. The van der Waals surface area contributed by atoms with E-state index in [1.165, 1.54) is 6.42 Å². The van der Waals surface area contributed by atoms with Crippen LogP contribution >= 0.6 is 11.6 Å². The van der Waals surface area contributed by atoms with Crippen LogP contribution in [0.15, 0.2) is 11.6 Å². The van der Waals surface area contributed by atoms with Crippen molar-refractivity contribution in [1.29, 1.82) is 0 Å². The fourth-order valence-electron chi connectivity index (χ4n) is 1.65. The molecule has 1 aliphatic carbocycles. The third kappa shape index (κ3) is 0.989. The summed E-state index contributed by atoms with van der Waals surface area (Å²) >= 11 is 5.78. The van der Waals surface area contributed by atoms with E-state index in [1.807, 2.05) is 0 Å². The SMILES string of the molecule is CC=C1CC(CCl)C1(C)C. The van der Waals surface area contributed by atoms with Gasteiger partial charge in [-0.25, -0.2) is 0 Å². The van der Waals surface area contributed by atoms with Crippen LogP contribution in [0.5, 0.6) is 0 Å². The van der Waals surface area contributed by atoms with Crippen LogP contribution in [0, 0.1) is 11.3 Å². The van der Waals surface area contributed by atoms with E-state index in [2.05, 4.69) is 26.8 Å². The van der Waals surface area contributed by atoms with Gasteiger partial charge in [-0.05, 0) is 24.7 Å². The van der Waals surface area contributed by atoms with E-state index in [-0.39, 0.29) is 0 Å². The van der Waals surface area contributed by atoms with Crippen LogP contribution < -0.4 is 0 Å². The van der Waals surface area contributed by atoms with E-state index in [0.717, 1.165) is 5.88 Å². The summed E-state index contributed by atoms with van der Waals surface area (Å²) in [5.74, 6) is 1.52. The van der Waals surface area contributed by atoms with E-state index >= 15 is 0 Å². The standard InChI is InChI=1S/C9H15Cl/c1-4-7-5-8(6-10)9(7,2)3/h4,8H,5-6H2,1-3H3. The molecular weight excluding hydrogens is 144 g/mol. The molecule has 0 aliphatic heterocycles. The molecule has 0 aromatic rings. The molecule has 1 saturated carbocycles. The van der Waals surface area contributed by atoms with Crippen LogP contribution in [0.1, 0.15) is 27.2 Å². The van der Waals surface area contributed by atoms with Gasteiger partial charge >= 0.3 is 0 Å². The number of halogens is 1. The highest BCUT2D eigenvalue weighted by atomic mass is 35.5. The van der Waals surface area contributed by atoms with Crippen molar-refractivity contribution in [2.75, 3.05) is 5.88 Å². The highest BCUT2D eigenvalue weighted by molar-refractivity contribution is 6.18. The van der Waals surface area contributed by atoms with E-state index in [4.69, 9.17) is 11.6 Å². The van der Waals surface area contributed by atoms with Gasteiger partial charge in [0, 0.05) is 5.88 Å². The zero-order chi connectivity index (χ0) is 7.78. The van der Waals surface area contributed by atoms with Crippen LogP contribution in [0.3, 0.4) is 0 Å². The zero-order valence-electron chi connectivity index (χ0n) is 6.95. The molecule has 1 heteroatoms. The van der Waals surface area contributed by atoms with Gasteiger partial charge < -0.3 is 0 Å². The van der Waals surface area contributed by atoms with E-state index < -0.39 is 0 Å². The summed E-state index contributed by atoms with van der Waals surface area (Å²) in [7, 11) is 0. The van der Waals surface area contributed by atoms with E-state index in [0.29, 0.717) is 11.3 Å². The Bertz CT molecular complexity index is 156. The first kappa shape index (κ1) is 8.13. The lowest BCUT2D eigenvalue weighted by atomic mass is 9.59. The second kappa shape index (κ2) is 2.58. The molecule has 0 amide bonds. The zero-order valence-corrected chi connectivity index (χ0v) is 7.70. The molecule has 1 aliphatic rings. The molecule has 10 heavy (non-hydrogen) atoms. The largest absolute Gasteiger partial charge is 0.126 e. The van der Waals surface area contributed by atoms with Crippen LogP contribution in [0.4, 0.5) is 0 Å². The lowest BCUT2D eigenvalue weighted by molar-refractivity contribution is 0.190. The maximum absolute atomic E-state index is 5.78. The number of hydrogen-bond donors (Lipinski definition) is 0. The molecule has 1 atom stereocenters. The number of rotatable bonds is 1. The summed E-state index contributed by atoms with van der Waals surface area (Å²) in [6.45, 7) is 6.67. The quantitative estimate of drug-likeness (QED) is 0.406. The van der Waals surface area contributed by atoms with Gasteiger partial charge in [-0.15, -0.1) is 11.6 Å². The fraction of sp³-hybridized carbons (Fsp3) is 0.778. The van der Waals surface area contributed by atoms with Crippen molar-refractivity contribution in [1.82, 2.24) is 0 Å². The van der Waals surface area contributed by atoms with Crippen LogP contribution in [-0.2, 0) is 0 Å². The van der Waals surface area contributed by atoms with Crippen LogP contribution in [-0.4, -0.2) is 5.88 Å². The second-order valence-electron chi connectivity index (χ2n) is 3.59. The third-order valence-corrected chi connectivity index (χ3v) is 3.22. The average Bonchev–Trinajstić information content (AvgIpc) is 1.88. The molecule has 0 spiro atoms. The molecule has 0 saturated heterocycles. The minimum atomic E-state index is 0.385. The Hall–Kier alpha value is 0.0300. The topological polar surface area (TPSA) is 0 Å². The van der Waals surface area contributed by atoms with Gasteiger partial charge in [0.25, 0.3) is 0 Å². The molecule has 0 heterocycles. The van der Waals surface area contributed by atoms with Crippen molar-refractivity contribution in [3.05, 3.63) is 11.6 Å². The van der Waals surface area contributed by atoms with Gasteiger partial charge in [-0.3, -0.25) is 0 Å². The van der Waals surface area contributed by atoms with Gasteiger partial charge in [0.2, 0.25) is 0 Å². The molecule has 0 aromatic heterocycles. The second-order valence-corrected chi connectivity index (χ2v) is 3.90. The average molecular weight is 159 g/mol. The molecule has 0 bridgehead atoms. The summed E-state index contributed by atoms with van der Waals surface area (Å²) in [5, 5.41) is 0. The number of hydrogen-bond acceptors (Lipinski definition) is 0. The maximum atomic E-state index is 5.78. The first-order chi connectivity index (χ1) is 4.62. The highest BCUT2D eigenvalue weighted by Gasteiger charge is 2.41. The number of alkyl halides is 1. The van der Waals surface area contributed by atoms with Crippen molar-refractivity contribution in [2.45, 2.75) is 27.2 Å². The van der Waals surface area contributed by atoms with Crippen molar-refractivity contribution >= 4 is 11.6 Å². The Balaban J connectivity index is 2.64. The van der Waals surface area contributed by atoms with Crippen molar-refractivity contribution in [3.8, 4) is 0 Å². The van der Waals surface area contributed by atoms with E-state index in [1.54, 1.807) is 5.57 Å². The normalized spacial score (nSPS) is 34.0. The summed E-state index contributed by atoms with van der Waals surface area (Å²) < 4.78 is 0. The van der Waals surface area contributed by atoms with Gasteiger partial charge in [-0.1, -0.05) is 25.5 Å². The molecule has 1 fully saturated rings. The van der Waals surface area contributed by atoms with Crippen molar-refractivity contribution < 1.29 is 0 Å². The molecular formula is C9H15Cl. The lowest BCUT2D eigenvalue weighted by Gasteiger charge is -2.46. The van der Waals surface area contributed by atoms with Crippen LogP contribution in [0.2, 0.25) is 0 Å². The smallest absolute Gasteiger partial charge is 0.0263 e. The summed E-state index contributed by atoms with van der Waals surface area (Å²) in [6, 6.07) is 0.